The molecule has 196 valence electrons. The molecule has 0 saturated heterocycles. The number of carbonyl (C=O) groups excluding carboxylic acids is 2. The highest BCUT2D eigenvalue weighted by atomic mass is 35.5. The Labute approximate surface area is 223 Å². The van der Waals surface area contributed by atoms with E-state index in [4.69, 9.17) is 18.2 Å². The normalized spacial score (nSPS) is 17.6. The number of benzene rings is 2. The molecule has 0 aliphatic carbocycles. The lowest BCUT2D eigenvalue weighted by Crippen LogP contribution is -2.44. The van der Waals surface area contributed by atoms with Gasteiger partial charge in [0.1, 0.15) is 11.4 Å². The Balaban J connectivity index is 1.40. The SMILES string of the molecule is [C-]#[N+]c1cc(C(=O)N2Cc3c(nn4c3C(=O)N(C(C)c3ccc(OC(F)F)cc3)CC4)C[C@H]2C)ccc1Cl. The predicted molar refractivity (Wildman–Crippen MR) is 136 cm³/mol. The van der Waals surface area contributed by atoms with Crippen LogP contribution in [0.3, 0.4) is 0 Å². The first-order valence-corrected chi connectivity index (χ1v) is 12.5. The Morgan fingerprint density at radius 3 is 2.63 bits per heavy atom. The topological polar surface area (TPSA) is 72.0 Å². The third-order valence-corrected chi connectivity index (χ3v) is 7.45. The molecule has 38 heavy (non-hydrogen) atoms. The quantitative estimate of drug-likeness (QED) is 0.402. The second-order valence-electron chi connectivity index (χ2n) is 9.38. The zero-order valence-corrected chi connectivity index (χ0v) is 21.5. The number of halogens is 3. The zero-order valence-electron chi connectivity index (χ0n) is 20.7. The maximum Gasteiger partial charge on any atom is 0.387 e. The molecule has 0 spiro atoms. The second-order valence-corrected chi connectivity index (χ2v) is 9.79. The first kappa shape index (κ1) is 25.7. The Bertz CT molecular complexity index is 1450. The summed E-state index contributed by atoms with van der Waals surface area (Å²) >= 11 is 6.05. The second kappa shape index (κ2) is 10.1. The fourth-order valence-electron chi connectivity index (χ4n) is 5.08. The molecule has 2 aliphatic heterocycles. The summed E-state index contributed by atoms with van der Waals surface area (Å²) in [5.74, 6) is -0.394. The standard InChI is InChI=1S/C27H24ClF2N5O3/c1-15-12-22-20(14-34(15)25(36)18-6-9-21(28)23(13-18)31-3)24-26(37)33(10-11-35(24)32-22)16(2)17-4-7-19(8-5-17)38-27(29)30/h4-9,13,15-16,27H,10-12,14H2,1-2H3/t15-,16?/m1/s1. The third-order valence-electron chi connectivity index (χ3n) is 7.13. The lowest BCUT2D eigenvalue weighted by molar-refractivity contribution is -0.0498. The molecule has 2 atom stereocenters. The van der Waals surface area contributed by atoms with E-state index in [2.05, 4.69) is 14.7 Å². The van der Waals surface area contributed by atoms with Gasteiger partial charge in [0.2, 0.25) is 5.69 Å². The Morgan fingerprint density at radius 2 is 1.95 bits per heavy atom. The molecule has 0 N–H and O–H groups in total. The van der Waals surface area contributed by atoms with E-state index in [0.29, 0.717) is 30.8 Å². The van der Waals surface area contributed by atoms with Gasteiger partial charge in [0, 0.05) is 35.2 Å². The molecule has 2 amide bonds. The maximum atomic E-state index is 13.7. The molecule has 3 aromatic rings. The Kier molecular flexibility index (Phi) is 6.80. The summed E-state index contributed by atoms with van der Waals surface area (Å²) in [4.78, 5) is 33.9. The fourth-order valence-corrected chi connectivity index (χ4v) is 5.24. The van der Waals surface area contributed by atoms with Crippen LogP contribution in [0.2, 0.25) is 5.02 Å². The number of amides is 2. The van der Waals surface area contributed by atoms with Crippen LogP contribution in [0.15, 0.2) is 42.5 Å². The number of aromatic nitrogens is 2. The van der Waals surface area contributed by atoms with Gasteiger partial charge in [0.15, 0.2) is 0 Å². The van der Waals surface area contributed by atoms with Crippen LogP contribution in [0.1, 0.15) is 57.6 Å². The van der Waals surface area contributed by atoms with Gasteiger partial charge < -0.3 is 14.5 Å². The van der Waals surface area contributed by atoms with E-state index in [-0.39, 0.29) is 46.9 Å². The molecule has 3 heterocycles. The molecular weight excluding hydrogens is 516 g/mol. The summed E-state index contributed by atoms with van der Waals surface area (Å²) in [6.07, 6.45) is 0.499. The van der Waals surface area contributed by atoms with Gasteiger partial charge in [-0.25, -0.2) is 4.85 Å². The molecule has 0 fully saturated rings. The number of rotatable bonds is 5. The minimum atomic E-state index is -2.91. The average Bonchev–Trinajstić information content (AvgIpc) is 3.26. The first-order valence-electron chi connectivity index (χ1n) is 12.1. The number of hydrogen-bond acceptors (Lipinski definition) is 4. The highest BCUT2D eigenvalue weighted by Crippen LogP contribution is 2.34. The number of alkyl halides is 2. The summed E-state index contributed by atoms with van der Waals surface area (Å²) in [5.41, 5.74) is 3.32. The van der Waals surface area contributed by atoms with Crippen LogP contribution in [0.25, 0.3) is 4.85 Å². The van der Waals surface area contributed by atoms with Crippen LogP contribution in [0.4, 0.5) is 14.5 Å². The van der Waals surface area contributed by atoms with Crippen molar-refractivity contribution in [3.05, 3.63) is 87.0 Å². The van der Waals surface area contributed by atoms with E-state index in [1.165, 1.54) is 18.2 Å². The number of hydrogen-bond donors (Lipinski definition) is 0. The van der Waals surface area contributed by atoms with E-state index < -0.39 is 6.61 Å². The Morgan fingerprint density at radius 1 is 1.21 bits per heavy atom. The zero-order chi connectivity index (χ0) is 27.1. The smallest absolute Gasteiger partial charge is 0.387 e. The van der Waals surface area contributed by atoms with E-state index >= 15 is 0 Å². The monoisotopic (exact) mass is 539 g/mol. The van der Waals surface area contributed by atoms with Gasteiger partial charge in [-0.3, -0.25) is 14.3 Å². The number of fused-ring (bicyclic) bond motifs is 3. The molecule has 11 heteroatoms. The van der Waals surface area contributed by atoms with E-state index in [1.807, 2.05) is 13.8 Å². The van der Waals surface area contributed by atoms with Crippen molar-refractivity contribution < 1.29 is 23.1 Å². The van der Waals surface area contributed by atoms with Gasteiger partial charge in [0.25, 0.3) is 11.8 Å². The van der Waals surface area contributed by atoms with Crippen LogP contribution in [-0.2, 0) is 19.5 Å². The van der Waals surface area contributed by atoms with Gasteiger partial charge >= 0.3 is 6.61 Å². The van der Waals surface area contributed by atoms with Crippen molar-refractivity contribution in [1.82, 2.24) is 19.6 Å². The highest BCUT2D eigenvalue weighted by Gasteiger charge is 2.38. The number of nitrogens with zero attached hydrogens (tertiary/aromatic N) is 5. The Hall–Kier alpha value is -3.97. The lowest BCUT2D eigenvalue weighted by Gasteiger charge is -2.35. The van der Waals surface area contributed by atoms with Gasteiger partial charge in [0.05, 0.1) is 31.4 Å². The summed E-state index contributed by atoms with van der Waals surface area (Å²) in [5, 5.41) is 4.97. The molecule has 5 rings (SSSR count). The summed E-state index contributed by atoms with van der Waals surface area (Å²) in [6, 6.07) is 10.4. The summed E-state index contributed by atoms with van der Waals surface area (Å²) in [7, 11) is 0. The summed E-state index contributed by atoms with van der Waals surface area (Å²) < 4.78 is 31.1. The van der Waals surface area contributed by atoms with E-state index in [0.717, 1.165) is 16.8 Å². The van der Waals surface area contributed by atoms with Crippen molar-refractivity contribution >= 4 is 29.1 Å². The van der Waals surface area contributed by atoms with Crippen LogP contribution in [0.5, 0.6) is 5.75 Å². The number of ether oxygens (including phenoxy) is 1. The summed E-state index contributed by atoms with van der Waals surface area (Å²) in [6.45, 7) is 9.35. The molecule has 1 aromatic heterocycles. The van der Waals surface area contributed by atoms with Crippen LogP contribution < -0.4 is 4.74 Å². The molecule has 8 nitrogen and oxygen atoms in total. The lowest BCUT2D eigenvalue weighted by atomic mass is 9.97. The van der Waals surface area contributed by atoms with Crippen molar-refractivity contribution in [2.75, 3.05) is 6.54 Å². The first-order chi connectivity index (χ1) is 18.2. The van der Waals surface area contributed by atoms with E-state index in [9.17, 15) is 18.4 Å². The molecular formula is C27H24ClF2N5O3. The molecule has 2 aromatic carbocycles. The molecule has 0 bridgehead atoms. The minimum absolute atomic E-state index is 0.0520. The van der Waals surface area contributed by atoms with Crippen molar-refractivity contribution in [3.63, 3.8) is 0 Å². The average molecular weight is 540 g/mol. The molecule has 0 radical (unpaired) electrons. The third kappa shape index (κ3) is 4.58. The number of carbonyl (C=O) groups is 2. The van der Waals surface area contributed by atoms with Crippen molar-refractivity contribution in [2.24, 2.45) is 0 Å². The van der Waals surface area contributed by atoms with Gasteiger partial charge in [-0.05, 0) is 37.6 Å². The van der Waals surface area contributed by atoms with Crippen molar-refractivity contribution in [3.8, 4) is 5.75 Å². The maximum absolute atomic E-state index is 13.7. The molecule has 0 saturated carbocycles. The molecule has 1 unspecified atom stereocenters. The highest BCUT2D eigenvalue weighted by molar-refractivity contribution is 6.33. The van der Waals surface area contributed by atoms with Crippen LogP contribution in [0, 0.1) is 6.57 Å². The van der Waals surface area contributed by atoms with Gasteiger partial charge in [-0.2, -0.15) is 13.9 Å². The largest absolute Gasteiger partial charge is 0.435 e. The van der Waals surface area contributed by atoms with Crippen LogP contribution >= 0.6 is 11.6 Å². The fraction of sp³-hybridized carbons (Fsp3) is 0.333. The van der Waals surface area contributed by atoms with Crippen LogP contribution in [-0.4, -0.2) is 50.6 Å². The predicted octanol–water partition coefficient (Wildman–Crippen LogP) is 5.49. The van der Waals surface area contributed by atoms with E-state index in [1.54, 1.807) is 38.7 Å². The van der Waals surface area contributed by atoms with Gasteiger partial charge in [-0.1, -0.05) is 35.9 Å². The molecule has 2 aliphatic rings. The van der Waals surface area contributed by atoms with Gasteiger partial charge in [-0.15, -0.1) is 0 Å². The van der Waals surface area contributed by atoms with Crippen molar-refractivity contribution in [2.45, 2.75) is 52.1 Å². The minimum Gasteiger partial charge on any atom is -0.435 e. The van der Waals surface area contributed by atoms with Crippen molar-refractivity contribution in [1.29, 1.82) is 0 Å².